The number of hydrogen-bond donors (Lipinski definition) is 3. The van der Waals surface area contributed by atoms with Gasteiger partial charge in [-0.25, -0.2) is 0 Å². The van der Waals surface area contributed by atoms with Crippen LogP contribution in [0.1, 0.15) is 19.3 Å². The van der Waals surface area contributed by atoms with Gasteiger partial charge in [0.25, 0.3) is 0 Å². The number of carbonyl (C=O) groups is 1. The van der Waals surface area contributed by atoms with E-state index in [-0.39, 0.29) is 11.9 Å². The van der Waals surface area contributed by atoms with Gasteiger partial charge >= 0.3 is 0 Å². The highest BCUT2D eigenvalue weighted by Crippen LogP contribution is 2.15. The zero-order valence-corrected chi connectivity index (χ0v) is 9.20. The molecular formula is C12H17N3O. The molecule has 2 rings (SSSR count). The number of hydrogen-bond acceptors (Lipinski definition) is 3. The van der Waals surface area contributed by atoms with Crippen LogP contribution >= 0.6 is 0 Å². The van der Waals surface area contributed by atoms with Gasteiger partial charge in [0.15, 0.2) is 0 Å². The summed E-state index contributed by atoms with van der Waals surface area (Å²) in [5, 5.41) is 6.13. The molecule has 1 fully saturated rings. The molecule has 4 N–H and O–H groups in total. The van der Waals surface area contributed by atoms with Crippen molar-refractivity contribution in [3.05, 3.63) is 24.3 Å². The van der Waals surface area contributed by atoms with Crippen molar-refractivity contribution in [2.24, 2.45) is 0 Å². The van der Waals surface area contributed by atoms with Crippen LogP contribution in [0.15, 0.2) is 24.3 Å². The van der Waals surface area contributed by atoms with E-state index in [1.165, 1.54) is 0 Å². The van der Waals surface area contributed by atoms with Crippen molar-refractivity contribution in [2.45, 2.75) is 25.3 Å². The van der Waals surface area contributed by atoms with Crippen molar-refractivity contribution in [1.29, 1.82) is 0 Å². The quantitative estimate of drug-likeness (QED) is 0.658. The van der Waals surface area contributed by atoms with Crippen LogP contribution in [0, 0.1) is 0 Å². The van der Waals surface area contributed by atoms with Crippen LogP contribution in [0.25, 0.3) is 0 Å². The average Bonchev–Trinajstić information content (AvgIpc) is 2.48. The summed E-state index contributed by atoms with van der Waals surface area (Å²) in [6.07, 6.45) is 3.02. The minimum atomic E-state index is -0.119. The molecule has 86 valence electrons. The Labute approximate surface area is 95.2 Å². The van der Waals surface area contributed by atoms with E-state index in [1.54, 1.807) is 0 Å². The third-order valence-corrected chi connectivity index (χ3v) is 2.79. The molecule has 0 radical (unpaired) electrons. The van der Waals surface area contributed by atoms with Gasteiger partial charge in [-0.05, 0) is 43.5 Å². The minimum absolute atomic E-state index is 0.0920. The Morgan fingerprint density at radius 3 is 2.75 bits per heavy atom. The first kappa shape index (κ1) is 10.8. The highest BCUT2D eigenvalue weighted by atomic mass is 16.2. The van der Waals surface area contributed by atoms with Gasteiger partial charge in [0.2, 0.25) is 5.91 Å². The van der Waals surface area contributed by atoms with Crippen LogP contribution in [0.3, 0.4) is 0 Å². The first-order chi connectivity index (χ1) is 7.75. The zero-order valence-electron chi connectivity index (χ0n) is 9.20. The van der Waals surface area contributed by atoms with E-state index in [9.17, 15) is 4.79 Å². The van der Waals surface area contributed by atoms with Crippen molar-refractivity contribution >= 4 is 17.3 Å². The summed E-state index contributed by atoms with van der Waals surface area (Å²) < 4.78 is 0. The molecule has 1 unspecified atom stereocenters. The number of carbonyl (C=O) groups excluding carboxylic acids is 1. The maximum Gasteiger partial charge on any atom is 0.242 e. The predicted molar refractivity (Wildman–Crippen MR) is 65.1 cm³/mol. The fourth-order valence-electron chi connectivity index (χ4n) is 1.86. The number of nitrogens with two attached hydrogens (primary N) is 1. The Morgan fingerprint density at radius 1 is 1.25 bits per heavy atom. The second kappa shape index (κ2) is 4.88. The number of anilines is 2. The molecule has 1 aliphatic rings. The van der Waals surface area contributed by atoms with Crippen molar-refractivity contribution < 1.29 is 4.79 Å². The first-order valence-corrected chi connectivity index (χ1v) is 5.65. The standard InChI is InChI=1S/C12H17N3O/c13-9-4-6-10(7-5-9)15-11-3-1-2-8-14-12(11)16/h4-7,11,15H,1-3,8,13H2,(H,14,16). The molecule has 0 aromatic heterocycles. The summed E-state index contributed by atoms with van der Waals surface area (Å²) in [7, 11) is 0. The van der Waals surface area contributed by atoms with Crippen molar-refractivity contribution in [2.75, 3.05) is 17.6 Å². The number of nitrogens with one attached hydrogen (secondary N) is 2. The molecule has 1 saturated heterocycles. The van der Waals surface area contributed by atoms with Gasteiger partial charge in [-0.1, -0.05) is 0 Å². The van der Waals surface area contributed by atoms with Crippen LogP contribution in [-0.2, 0) is 4.79 Å². The third-order valence-electron chi connectivity index (χ3n) is 2.79. The molecule has 4 heteroatoms. The maximum atomic E-state index is 11.7. The van der Waals surface area contributed by atoms with E-state index >= 15 is 0 Å². The SMILES string of the molecule is Nc1ccc(NC2CCCCNC2=O)cc1. The largest absolute Gasteiger partial charge is 0.399 e. The van der Waals surface area contributed by atoms with Gasteiger partial charge in [0, 0.05) is 17.9 Å². The van der Waals surface area contributed by atoms with E-state index < -0.39 is 0 Å². The van der Waals surface area contributed by atoms with Gasteiger partial charge in [-0.3, -0.25) is 4.79 Å². The Bertz CT molecular complexity index is 361. The van der Waals surface area contributed by atoms with Crippen molar-refractivity contribution in [3.8, 4) is 0 Å². The molecule has 0 aliphatic carbocycles. The molecule has 16 heavy (non-hydrogen) atoms. The predicted octanol–water partition coefficient (Wildman–Crippen LogP) is 1.35. The molecule has 1 heterocycles. The fraction of sp³-hybridized carbons (Fsp3) is 0.417. The molecule has 1 atom stereocenters. The van der Waals surface area contributed by atoms with Crippen molar-refractivity contribution in [1.82, 2.24) is 5.32 Å². The number of nitrogen functional groups attached to an aromatic ring is 1. The van der Waals surface area contributed by atoms with E-state index in [4.69, 9.17) is 5.73 Å². The van der Waals surface area contributed by atoms with Crippen LogP contribution in [-0.4, -0.2) is 18.5 Å². The lowest BCUT2D eigenvalue weighted by Crippen LogP contribution is -2.37. The normalized spacial score (nSPS) is 21.0. The second-order valence-corrected chi connectivity index (χ2v) is 4.11. The lowest BCUT2D eigenvalue weighted by atomic mass is 10.1. The fourth-order valence-corrected chi connectivity index (χ4v) is 1.86. The summed E-state index contributed by atoms with van der Waals surface area (Å²) in [6, 6.07) is 7.33. The first-order valence-electron chi connectivity index (χ1n) is 5.65. The number of amides is 1. The highest BCUT2D eigenvalue weighted by molar-refractivity contribution is 5.84. The van der Waals surface area contributed by atoms with E-state index in [0.717, 1.165) is 37.2 Å². The Balaban J connectivity index is 2.02. The van der Waals surface area contributed by atoms with E-state index in [0.29, 0.717) is 0 Å². The maximum absolute atomic E-state index is 11.7. The van der Waals surface area contributed by atoms with Gasteiger partial charge in [-0.2, -0.15) is 0 Å². The summed E-state index contributed by atoms with van der Waals surface area (Å²) in [4.78, 5) is 11.7. The highest BCUT2D eigenvalue weighted by Gasteiger charge is 2.19. The topological polar surface area (TPSA) is 67.2 Å². The summed E-state index contributed by atoms with van der Waals surface area (Å²) >= 11 is 0. The molecule has 0 bridgehead atoms. The molecule has 1 aromatic carbocycles. The van der Waals surface area contributed by atoms with Crippen LogP contribution in [0.4, 0.5) is 11.4 Å². The summed E-state index contributed by atoms with van der Waals surface area (Å²) in [6.45, 7) is 0.790. The minimum Gasteiger partial charge on any atom is -0.399 e. The van der Waals surface area contributed by atoms with Crippen LogP contribution in [0.5, 0.6) is 0 Å². The number of benzene rings is 1. The molecule has 0 saturated carbocycles. The Morgan fingerprint density at radius 2 is 2.00 bits per heavy atom. The monoisotopic (exact) mass is 219 g/mol. The molecular weight excluding hydrogens is 202 g/mol. The summed E-state index contributed by atoms with van der Waals surface area (Å²) in [5.74, 6) is 0.0920. The Kier molecular flexibility index (Phi) is 3.29. The van der Waals surface area contributed by atoms with E-state index in [1.807, 2.05) is 24.3 Å². The summed E-state index contributed by atoms with van der Waals surface area (Å²) in [5.41, 5.74) is 7.28. The van der Waals surface area contributed by atoms with Crippen molar-refractivity contribution in [3.63, 3.8) is 0 Å². The van der Waals surface area contributed by atoms with Gasteiger partial charge in [0.05, 0.1) is 0 Å². The van der Waals surface area contributed by atoms with Gasteiger partial charge < -0.3 is 16.4 Å². The third kappa shape index (κ3) is 2.66. The second-order valence-electron chi connectivity index (χ2n) is 4.11. The molecule has 0 spiro atoms. The molecule has 1 amide bonds. The molecule has 4 nitrogen and oxygen atoms in total. The van der Waals surface area contributed by atoms with Gasteiger partial charge in [-0.15, -0.1) is 0 Å². The number of rotatable bonds is 2. The van der Waals surface area contributed by atoms with E-state index in [2.05, 4.69) is 10.6 Å². The smallest absolute Gasteiger partial charge is 0.242 e. The zero-order chi connectivity index (χ0) is 11.4. The molecule has 1 aliphatic heterocycles. The average molecular weight is 219 g/mol. The van der Waals surface area contributed by atoms with Crippen LogP contribution in [0.2, 0.25) is 0 Å². The van der Waals surface area contributed by atoms with Crippen LogP contribution < -0.4 is 16.4 Å². The lowest BCUT2D eigenvalue weighted by Gasteiger charge is -2.16. The van der Waals surface area contributed by atoms with Gasteiger partial charge in [0.1, 0.15) is 6.04 Å². The molecule has 1 aromatic rings. The Hall–Kier alpha value is -1.71. The lowest BCUT2D eigenvalue weighted by molar-refractivity contribution is -0.121.